The zero-order valence-corrected chi connectivity index (χ0v) is 13.0. The molecule has 2 nitrogen and oxygen atoms in total. The second kappa shape index (κ2) is 6.77. The van der Waals surface area contributed by atoms with Gasteiger partial charge >= 0.3 is 5.97 Å². The van der Waals surface area contributed by atoms with Crippen LogP contribution in [0, 0.1) is 19.8 Å². The highest BCUT2D eigenvalue weighted by Gasteiger charge is 2.20. The Morgan fingerprint density at radius 3 is 2.43 bits per heavy atom. The Labute approximate surface area is 130 Å². The number of halogens is 1. The predicted molar refractivity (Wildman–Crippen MR) is 85.9 cm³/mol. The highest BCUT2D eigenvalue weighted by atomic mass is 35.5. The molecule has 21 heavy (non-hydrogen) atoms. The van der Waals surface area contributed by atoms with Crippen molar-refractivity contribution in [3.63, 3.8) is 0 Å². The Morgan fingerprint density at radius 2 is 1.76 bits per heavy atom. The fourth-order valence-corrected chi connectivity index (χ4v) is 2.67. The Balaban J connectivity index is 2.22. The van der Waals surface area contributed by atoms with Crippen LogP contribution in [-0.4, -0.2) is 11.1 Å². The second-order valence-corrected chi connectivity index (χ2v) is 5.87. The summed E-state index contributed by atoms with van der Waals surface area (Å²) in [6.45, 7) is 4.04. The average molecular weight is 303 g/mol. The van der Waals surface area contributed by atoms with Crippen LogP contribution in [0.25, 0.3) is 0 Å². The van der Waals surface area contributed by atoms with Gasteiger partial charge in [-0.3, -0.25) is 4.79 Å². The fraction of sp³-hybridized carbons (Fsp3) is 0.278. The number of benzene rings is 2. The molecule has 0 aliphatic heterocycles. The van der Waals surface area contributed by atoms with Crippen molar-refractivity contribution in [1.29, 1.82) is 0 Å². The first-order valence-corrected chi connectivity index (χ1v) is 7.37. The lowest BCUT2D eigenvalue weighted by Gasteiger charge is -2.15. The van der Waals surface area contributed by atoms with Gasteiger partial charge in [0, 0.05) is 5.02 Å². The molecule has 2 aromatic rings. The third kappa shape index (κ3) is 4.08. The van der Waals surface area contributed by atoms with Crippen LogP contribution in [0.15, 0.2) is 42.5 Å². The van der Waals surface area contributed by atoms with Gasteiger partial charge in [-0.25, -0.2) is 0 Å². The quantitative estimate of drug-likeness (QED) is 0.886. The summed E-state index contributed by atoms with van der Waals surface area (Å²) >= 11 is 6.14. The van der Waals surface area contributed by atoms with E-state index in [-0.39, 0.29) is 0 Å². The van der Waals surface area contributed by atoms with Gasteiger partial charge in [-0.1, -0.05) is 53.6 Å². The van der Waals surface area contributed by atoms with Crippen LogP contribution in [-0.2, 0) is 17.6 Å². The zero-order chi connectivity index (χ0) is 15.4. The molecule has 0 aliphatic carbocycles. The number of hydrogen-bond donors (Lipinski definition) is 1. The normalized spacial score (nSPS) is 12.1. The van der Waals surface area contributed by atoms with Crippen molar-refractivity contribution in [3.8, 4) is 0 Å². The third-order valence-corrected chi connectivity index (χ3v) is 4.11. The SMILES string of the molecule is Cc1ccc(C)c(CC(Cc2ccccc2Cl)C(=O)O)c1. The Hall–Kier alpha value is -1.80. The Bertz CT molecular complexity index is 649. The van der Waals surface area contributed by atoms with Crippen LogP contribution in [0.4, 0.5) is 0 Å². The summed E-state index contributed by atoms with van der Waals surface area (Å²) in [5.74, 6) is -1.25. The van der Waals surface area contributed by atoms with Crippen molar-refractivity contribution in [1.82, 2.24) is 0 Å². The summed E-state index contributed by atoms with van der Waals surface area (Å²) in [5, 5.41) is 10.1. The first kappa shape index (κ1) is 15.6. The van der Waals surface area contributed by atoms with E-state index >= 15 is 0 Å². The van der Waals surface area contributed by atoms with Gasteiger partial charge in [0.25, 0.3) is 0 Å². The van der Waals surface area contributed by atoms with E-state index < -0.39 is 11.9 Å². The van der Waals surface area contributed by atoms with Crippen molar-refractivity contribution in [3.05, 3.63) is 69.7 Å². The number of rotatable bonds is 5. The standard InChI is InChI=1S/C18H19ClO2/c1-12-7-8-13(2)15(9-12)11-16(18(20)21)10-14-5-3-4-6-17(14)19/h3-9,16H,10-11H2,1-2H3,(H,20,21). The molecule has 1 N–H and O–H groups in total. The molecule has 0 heterocycles. The van der Waals surface area contributed by atoms with E-state index in [1.54, 1.807) is 6.07 Å². The van der Waals surface area contributed by atoms with Crippen LogP contribution < -0.4 is 0 Å². The van der Waals surface area contributed by atoms with E-state index in [0.29, 0.717) is 17.9 Å². The predicted octanol–water partition coefficient (Wildman–Crippen LogP) is 4.44. The van der Waals surface area contributed by atoms with Gasteiger partial charge in [-0.05, 0) is 49.4 Å². The lowest BCUT2D eigenvalue weighted by molar-refractivity contribution is -0.141. The number of hydrogen-bond acceptors (Lipinski definition) is 1. The van der Waals surface area contributed by atoms with Crippen molar-refractivity contribution in [2.45, 2.75) is 26.7 Å². The van der Waals surface area contributed by atoms with Gasteiger partial charge in [0.05, 0.1) is 5.92 Å². The van der Waals surface area contributed by atoms with Gasteiger partial charge in [0.2, 0.25) is 0 Å². The minimum atomic E-state index is -0.782. The van der Waals surface area contributed by atoms with Crippen molar-refractivity contribution >= 4 is 17.6 Å². The number of carbonyl (C=O) groups is 1. The molecule has 2 aromatic carbocycles. The number of aliphatic carboxylic acids is 1. The van der Waals surface area contributed by atoms with Crippen LogP contribution in [0.2, 0.25) is 5.02 Å². The number of carboxylic acids is 1. The minimum absolute atomic E-state index is 0.447. The molecular weight excluding hydrogens is 284 g/mol. The molecule has 3 heteroatoms. The Kier molecular flexibility index (Phi) is 5.03. The van der Waals surface area contributed by atoms with Crippen LogP contribution >= 0.6 is 11.6 Å². The molecule has 0 aromatic heterocycles. The summed E-state index contributed by atoms with van der Waals surface area (Å²) in [7, 11) is 0. The molecule has 1 unspecified atom stereocenters. The lowest BCUT2D eigenvalue weighted by atomic mass is 9.90. The molecule has 0 fully saturated rings. The summed E-state index contributed by atoms with van der Waals surface area (Å²) in [5.41, 5.74) is 4.26. The second-order valence-electron chi connectivity index (χ2n) is 5.46. The molecule has 0 radical (unpaired) electrons. The maximum Gasteiger partial charge on any atom is 0.307 e. The van der Waals surface area contributed by atoms with E-state index in [1.165, 1.54) is 0 Å². The van der Waals surface area contributed by atoms with Gasteiger partial charge in [0.1, 0.15) is 0 Å². The van der Waals surface area contributed by atoms with Gasteiger partial charge < -0.3 is 5.11 Å². The molecule has 0 aliphatic rings. The van der Waals surface area contributed by atoms with Crippen molar-refractivity contribution in [2.24, 2.45) is 5.92 Å². The van der Waals surface area contributed by atoms with Gasteiger partial charge in [-0.2, -0.15) is 0 Å². The first-order valence-electron chi connectivity index (χ1n) is 6.99. The van der Waals surface area contributed by atoms with Crippen molar-refractivity contribution < 1.29 is 9.90 Å². The summed E-state index contributed by atoms with van der Waals surface area (Å²) in [6.07, 6.45) is 0.969. The highest BCUT2D eigenvalue weighted by molar-refractivity contribution is 6.31. The van der Waals surface area contributed by atoms with Crippen LogP contribution in [0.1, 0.15) is 22.3 Å². The smallest absolute Gasteiger partial charge is 0.307 e. The molecule has 0 saturated carbocycles. The largest absolute Gasteiger partial charge is 0.481 e. The lowest BCUT2D eigenvalue weighted by Crippen LogP contribution is -2.20. The number of aryl methyl sites for hydroxylation is 2. The molecular formula is C18H19ClO2. The van der Waals surface area contributed by atoms with Gasteiger partial charge in [-0.15, -0.1) is 0 Å². The minimum Gasteiger partial charge on any atom is -0.481 e. The van der Waals surface area contributed by atoms with Crippen molar-refractivity contribution in [2.75, 3.05) is 0 Å². The summed E-state index contributed by atoms with van der Waals surface area (Å²) in [4.78, 5) is 11.6. The summed E-state index contributed by atoms with van der Waals surface area (Å²) in [6, 6.07) is 13.6. The number of carboxylic acid groups (broad SMARTS) is 1. The van der Waals surface area contributed by atoms with E-state index in [0.717, 1.165) is 22.3 Å². The van der Waals surface area contributed by atoms with E-state index in [4.69, 9.17) is 11.6 Å². The molecule has 0 saturated heterocycles. The van der Waals surface area contributed by atoms with Gasteiger partial charge in [0.15, 0.2) is 0 Å². The van der Waals surface area contributed by atoms with E-state index in [1.807, 2.05) is 44.2 Å². The maximum absolute atomic E-state index is 11.6. The molecule has 0 amide bonds. The van der Waals surface area contributed by atoms with Crippen LogP contribution in [0.3, 0.4) is 0 Å². The highest BCUT2D eigenvalue weighted by Crippen LogP contribution is 2.23. The molecule has 110 valence electrons. The molecule has 1 atom stereocenters. The monoisotopic (exact) mass is 302 g/mol. The fourth-order valence-electron chi connectivity index (χ4n) is 2.46. The summed E-state index contributed by atoms with van der Waals surface area (Å²) < 4.78 is 0. The van der Waals surface area contributed by atoms with E-state index in [2.05, 4.69) is 6.07 Å². The zero-order valence-electron chi connectivity index (χ0n) is 12.3. The maximum atomic E-state index is 11.6. The third-order valence-electron chi connectivity index (χ3n) is 3.74. The molecule has 0 spiro atoms. The molecule has 0 bridgehead atoms. The molecule has 2 rings (SSSR count). The Morgan fingerprint density at radius 1 is 1.10 bits per heavy atom. The van der Waals surface area contributed by atoms with E-state index in [9.17, 15) is 9.90 Å². The van der Waals surface area contributed by atoms with Crippen LogP contribution in [0.5, 0.6) is 0 Å². The average Bonchev–Trinajstić information content (AvgIpc) is 2.44. The topological polar surface area (TPSA) is 37.3 Å². The first-order chi connectivity index (χ1) is 9.97.